The molecule has 2 rings (SSSR count). The molecule has 0 atom stereocenters. The van der Waals surface area contributed by atoms with Crippen LogP contribution in [-0.2, 0) is 7.05 Å². The summed E-state index contributed by atoms with van der Waals surface area (Å²) in [7, 11) is 4.70. The maximum absolute atomic E-state index is 12.3. The second-order valence-electron chi connectivity index (χ2n) is 5.53. The van der Waals surface area contributed by atoms with Crippen molar-refractivity contribution in [2.24, 2.45) is 7.05 Å². The van der Waals surface area contributed by atoms with E-state index in [0.717, 1.165) is 0 Å². The fraction of sp³-hybridized carbons (Fsp3) is 0.278. The lowest BCUT2D eigenvalue weighted by Gasteiger charge is -2.10. The van der Waals surface area contributed by atoms with E-state index >= 15 is 0 Å². The van der Waals surface area contributed by atoms with Gasteiger partial charge in [-0.2, -0.15) is 0 Å². The van der Waals surface area contributed by atoms with Crippen molar-refractivity contribution < 1.29 is 19.1 Å². The molecule has 0 radical (unpaired) electrons. The van der Waals surface area contributed by atoms with Crippen LogP contribution in [0.15, 0.2) is 35.4 Å². The van der Waals surface area contributed by atoms with Gasteiger partial charge in [-0.1, -0.05) is 0 Å². The third-order valence-electron chi connectivity index (χ3n) is 3.69. The van der Waals surface area contributed by atoms with Crippen molar-refractivity contribution in [3.05, 3.63) is 57.5 Å². The number of ether oxygens (including phenoxy) is 2. The van der Waals surface area contributed by atoms with Gasteiger partial charge in [-0.05, 0) is 25.1 Å². The molecule has 0 aliphatic carbocycles. The number of rotatable bonds is 6. The normalized spacial score (nSPS) is 10.2. The molecule has 7 nitrogen and oxygen atoms in total. The zero-order valence-electron chi connectivity index (χ0n) is 14.6. The van der Waals surface area contributed by atoms with Crippen LogP contribution in [0.4, 0.5) is 0 Å². The molecule has 132 valence electrons. The number of hydrogen-bond donors (Lipinski definition) is 1. The van der Waals surface area contributed by atoms with Crippen LogP contribution in [0.3, 0.4) is 0 Å². The molecule has 1 heterocycles. The average Bonchev–Trinajstić information content (AvgIpc) is 2.61. The summed E-state index contributed by atoms with van der Waals surface area (Å²) in [6, 6.07) is 4.68. The summed E-state index contributed by atoms with van der Waals surface area (Å²) in [4.78, 5) is 36.5. The van der Waals surface area contributed by atoms with Crippen LogP contribution >= 0.6 is 0 Å². The van der Waals surface area contributed by atoms with Gasteiger partial charge in [0.05, 0.1) is 26.3 Å². The van der Waals surface area contributed by atoms with Crippen molar-refractivity contribution in [2.75, 3.05) is 20.8 Å². The molecule has 25 heavy (non-hydrogen) atoms. The zero-order chi connectivity index (χ0) is 18.6. The number of methoxy groups -OCH3 is 2. The van der Waals surface area contributed by atoms with Crippen LogP contribution in [0.2, 0.25) is 0 Å². The lowest BCUT2D eigenvalue weighted by molar-refractivity contribution is 0.0903. The maximum atomic E-state index is 12.3. The highest BCUT2D eigenvalue weighted by Crippen LogP contribution is 2.27. The lowest BCUT2D eigenvalue weighted by Crippen LogP contribution is -2.32. The first-order chi connectivity index (χ1) is 11.9. The first-order valence-corrected chi connectivity index (χ1v) is 7.57. The Kier molecular flexibility index (Phi) is 5.59. The SMILES string of the molecule is COc1ccc(C(=O)NCC(=O)c2cn(C)cc(C)c2=O)cc1OC. The van der Waals surface area contributed by atoms with Crippen molar-refractivity contribution in [1.82, 2.24) is 9.88 Å². The van der Waals surface area contributed by atoms with Gasteiger partial charge in [0.1, 0.15) is 0 Å². The molecule has 0 saturated heterocycles. The molecule has 1 amide bonds. The molecule has 0 unspecified atom stereocenters. The average molecular weight is 344 g/mol. The molecule has 0 aliphatic heterocycles. The van der Waals surface area contributed by atoms with Crippen LogP contribution in [0.1, 0.15) is 26.3 Å². The van der Waals surface area contributed by atoms with Gasteiger partial charge >= 0.3 is 0 Å². The number of carbonyl (C=O) groups is 2. The summed E-state index contributed by atoms with van der Waals surface area (Å²) >= 11 is 0. The number of pyridine rings is 1. The van der Waals surface area contributed by atoms with Gasteiger partial charge in [0.15, 0.2) is 22.7 Å². The second kappa shape index (κ2) is 7.65. The highest BCUT2D eigenvalue weighted by atomic mass is 16.5. The smallest absolute Gasteiger partial charge is 0.251 e. The molecule has 2 aromatic rings. The Bertz CT molecular complexity index is 870. The fourth-order valence-electron chi connectivity index (χ4n) is 2.41. The van der Waals surface area contributed by atoms with E-state index in [4.69, 9.17) is 9.47 Å². The van der Waals surface area contributed by atoms with Gasteiger partial charge in [-0.15, -0.1) is 0 Å². The van der Waals surface area contributed by atoms with Gasteiger partial charge < -0.3 is 19.4 Å². The third-order valence-corrected chi connectivity index (χ3v) is 3.69. The molecule has 0 bridgehead atoms. The van der Waals surface area contributed by atoms with Crippen LogP contribution in [0.25, 0.3) is 0 Å². The maximum Gasteiger partial charge on any atom is 0.251 e. The number of aryl methyl sites for hydroxylation is 2. The Balaban J connectivity index is 2.12. The number of nitrogens with zero attached hydrogens (tertiary/aromatic N) is 1. The van der Waals surface area contributed by atoms with Gasteiger partial charge in [-0.3, -0.25) is 14.4 Å². The van der Waals surface area contributed by atoms with Crippen LogP contribution in [0.5, 0.6) is 11.5 Å². The second-order valence-corrected chi connectivity index (χ2v) is 5.53. The number of benzene rings is 1. The molecule has 0 fully saturated rings. The highest BCUT2D eigenvalue weighted by Gasteiger charge is 2.15. The first-order valence-electron chi connectivity index (χ1n) is 7.57. The number of Topliss-reactive ketones (excluding diaryl/α,β-unsaturated/α-hetero) is 1. The molecule has 7 heteroatoms. The molecule has 0 aliphatic rings. The first kappa shape index (κ1) is 18.3. The van der Waals surface area contributed by atoms with E-state index in [1.54, 1.807) is 36.9 Å². The number of amides is 1. The molecule has 0 spiro atoms. The van der Waals surface area contributed by atoms with E-state index in [0.29, 0.717) is 22.6 Å². The minimum absolute atomic E-state index is 0.0510. The largest absolute Gasteiger partial charge is 0.493 e. The Labute approximate surface area is 145 Å². The number of ketones is 1. The lowest BCUT2D eigenvalue weighted by atomic mass is 10.1. The van der Waals surface area contributed by atoms with Gasteiger partial charge in [0.2, 0.25) is 0 Å². The molecule has 0 saturated carbocycles. The van der Waals surface area contributed by atoms with Crippen molar-refractivity contribution >= 4 is 11.7 Å². The molecule has 1 aromatic carbocycles. The summed E-state index contributed by atoms with van der Waals surface area (Å²) in [5.74, 6) is 0.0179. The quantitative estimate of drug-likeness (QED) is 0.799. The number of carbonyl (C=O) groups excluding carboxylic acids is 2. The number of nitrogens with one attached hydrogen (secondary N) is 1. The monoisotopic (exact) mass is 344 g/mol. The summed E-state index contributed by atoms with van der Waals surface area (Å²) < 4.78 is 11.9. The Morgan fingerprint density at radius 3 is 2.44 bits per heavy atom. The third kappa shape index (κ3) is 4.06. The highest BCUT2D eigenvalue weighted by molar-refractivity contribution is 6.02. The van der Waals surface area contributed by atoms with Crippen LogP contribution in [0, 0.1) is 6.92 Å². The van der Waals surface area contributed by atoms with E-state index in [9.17, 15) is 14.4 Å². The van der Waals surface area contributed by atoms with E-state index in [-0.39, 0.29) is 17.5 Å². The number of aromatic nitrogens is 1. The minimum Gasteiger partial charge on any atom is -0.493 e. The van der Waals surface area contributed by atoms with E-state index < -0.39 is 11.7 Å². The molecule has 1 N–H and O–H groups in total. The Morgan fingerprint density at radius 1 is 1.12 bits per heavy atom. The van der Waals surface area contributed by atoms with Crippen molar-refractivity contribution in [1.29, 1.82) is 0 Å². The molecular weight excluding hydrogens is 324 g/mol. The summed E-state index contributed by atoms with van der Waals surface area (Å²) in [6.07, 6.45) is 3.10. The molecular formula is C18H20N2O5. The van der Waals surface area contributed by atoms with Gasteiger partial charge in [0.25, 0.3) is 5.91 Å². The number of hydrogen-bond acceptors (Lipinski definition) is 5. The predicted molar refractivity (Wildman–Crippen MR) is 92.6 cm³/mol. The summed E-state index contributed by atoms with van der Waals surface area (Å²) in [5, 5.41) is 2.52. The van der Waals surface area contributed by atoms with E-state index in [1.807, 2.05) is 0 Å². The van der Waals surface area contributed by atoms with Crippen LogP contribution in [-0.4, -0.2) is 37.0 Å². The standard InChI is InChI=1S/C18H20N2O5/c1-11-9-20(2)10-13(17(11)22)14(21)8-19-18(23)12-5-6-15(24-3)16(7-12)25-4/h5-7,9-10H,8H2,1-4H3,(H,19,23). The van der Waals surface area contributed by atoms with Crippen molar-refractivity contribution in [3.63, 3.8) is 0 Å². The zero-order valence-corrected chi connectivity index (χ0v) is 14.6. The summed E-state index contributed by atoms with van der Waals surface area (Å²) in [6.45, 7) is 1.37. The van der Waals surface area contributed by atoms with E-state index in [1.165, 1.54) is 26.5 Å². The predicted octanol–water partition coefficient (Wildman–Crippen LogP) is 1.32. The van der Waals surface area contributed by atoms with Gasteiger partial charge in [-0.25, -0.2) is 0 Å². The van der Waals surface area contributed by atoms with E-state index in [2.05, 4.69) is 5.32 Å². The Hall–Kier alpha value is -3.09. The molecule has 1 aromatic heterocycles. The topological polar surface area (TPSA) is 86.6 Å². The Morgan fingerprint density at radius 2 is 1.80 bits per heavy atom. The van der Waals surface area contributed by atoms with Crippen molar-refractivity contribution in [2.45, 2.75) is 6.92 Å². The van der Waals surface area contributed by atoms with Crippen molar-refractivity contribution in [3.8, 4) is 11.5 Å². The fourth-order valence-corrected chi connectivity index (χ4v) is 2.41. The summed E-state index contributed by atoms with van der Waals surface area (Å²) in [5.41, 5.74) is 0.515. The minimum atomic E-state index is -0.446. The van der Waals surface area contributed by atoms with Crippen LogP contribution < -0.4 is 20.2 Å². The van der Waals surface area contributed by atoms with Gasteiger partial charge in [0, 0.05) is 30.6 Å².